The van der Waals surface area contributed by atoms with E-state index in [-0.39, 0.29) is 48.9 Å². The largest absolute Gasteiger partial charge is 0.456 e. The van der Waals surface area contributed by atoms with E-state index in [4.69, 9.17) is 30.3 Å². The second-order valence-electron chi connectivity index (χ2n) is 13.3. The van der Waals surface area contributed by atoms with Crippen LogP contribution in [-0.2, 0) is 0 Å². The van der Waals surface area contributed by atoms with E-state index in [1.54, 1.807) is 18.2 Å². The lowest BCUT2D eigenvalue weighted by molar-refractivity contribution is 0.669. The standard InChI is InChI=1S/C51H30N4O/c1-4-13-31(14-5-1)49-52-50(32-15-6-2-7-16-32)54-51(53-49)34-24-26-39-38-25-23-33(29-44(38)56-45(39)30-34)36-27-28-43-48-46(36)40-20-11-10-19-37(40)41-21-12-22-42(47(41)48)55(43)35-17-8-3-9-18-35/h1-30H/i3D,8D,9D,10D,11D,12D,17D,18D,19D,20D,21D,22D,27D,28D. The van der Waals surface area contributed by atoms with Gasteiger partial charge in [-0.25, -0.2) is 15.0 Å². The monoisotopic (exact) mass is 728 g/mol. The first-order valence-electron chi connectivity index (χ1n) is 24.7. The van der Waals surface area contributed by atoms with Crippen molar-refractivity contribution < 1.29 is 23.6 Å². The lowest BCUT2D eigenvalue weighted by Crippen LogP contribution is -2.00. The summed E-state index contributed by atoms with van der Waals surface area (Å²) in [6.45, 7) is 0. The van der Waals surface area contributed by atoms with Gasteiger partial charge in [0.25, 0.3) is 0 Å². The fourth-order valence-electron chi connectivity index (χ4n) is 7.75. The number of rotatable bonds is 5. The predicted octanol–water partition coefficient (Wildman–Crippen LogP) is 13.3. The van der Waals surface area contributed by atoms with Crippen molar-refractivity contribution in [3.05, 3.63) is 182 Å². The maximum Gasteiger partial charge on any atom is 0.164 e. The van der Waals surface area contributed by atoms with Crippen LogP contribution in [0.2, 0.25) is 0 Å². The summed E-state index contributed by atoms with van der Waals surface area (Å²) in [5.41, 5.74) is 2.50. The van der Waals surface area contributed by atoms with Gasteiger partial charge in [0, 0.05) is 49.3 Å². The Morgan fingerprint density at radius 2 is 0.964 bits per heavy atom. The number of hydrogen-bond acceptors (Lipinski definition) is 4. The van der Waals surface area contributed by atoms with E-state index in [9.17, 15) is 8.22 Å². The minimum absolute atomic E-state index is 0.00314. The average Bonchev–Trinajstić information content (AvgIpc) is 3.93. The molecule has 0 amide bonds. The first kappa shape index (κ1) is 20.2. The molecule has 56 heavy (non-hydrogen) atoms. The first-order chi connectivity index (χ1) is 33.6. The van der Waals surface area contributed by atoms with Crippen LogP contribution in [0.25, 0.3) is 116 Å². The Balaban J connectivity index is 1.16. The normalized spacial score (nSPS) is 15.4. The fourth-order valence-corrected chi connectivity index (χ4v) is 7.75. The van der Waals surface area contributed by atoms with Crippen LogP contribution in [-0.4, -0.2) is 19.5 Å². The number of aromatic nitrogens is 4. The van der Waals surface area contributed by atoms with Crippen molar-refractivity contribution in [2.75, 3.05) is 0 Å². The Labute approximate surface area is 340 Å². The maximum atomic E-state index is 9.77. The summed E-state index contributed by atoms with van der Waals surface area (Å²) in [4.78, 5) is 14.5. The van der Waals surface area contributed by atoms with Crippen molar-refractivity contribution >= 4 is 65.3 Å². The van der Waals surface area contributed by atoms with Crippen LogP contribution >= 0.6 is 0 Å². The molecule has 0 saturated carbocycles. The van der Waals surface area contributed by atoms with E-state index in [2.05, 4.69) is 0 Å². The van der Waals surface area contributed by atoms with Crippen molar-refractivity contribution in [1.82, 2.24) is 19.5 Å². The minimum Gasteiger partial charge on any atom is -0.456 e. The molecule has 0 aliphatic carbocycles. The van der Waals surface area contributed by atoms with Crippen molar-refractivity contribution in [1.29, 1.82) is 0 Å². The molecule has 0 atom stereocenters. The molecule has 0 fully saturated rings. The molecular formula is C51H30N4O. The van der Waals surface area contributed by atoms with Crippen molar-refractivity contribution in [2.24, 2.45) is 0 Å². The third-order valence-corrected chi connectivity index (χ3v) is 10.2. The molecule has 0 unspecified atom stereocenters. The molecular weight excluding hydrogens is 685 g/mol. The summed E-state index contributed by atoms with van der Waals surface area (Å²) in [6, 6.07) is 21.2. The zero-order chi connectivity index (χ0) is 48.9. The van der Waals surface area contributed by atoms with Gasteiger partial charge in [0.1, 0.15) is 11.2 Å². The molecule has 0 aliphatic rings. The number of para-hydroxylation sites is 1. The molecule has 9 aromatic carbocycles. The molecule has 12 aromatic rings. The Bertz CT molecular complexity index is 4200. The van der Waals surface area contributed by atoms with Gasteiger partial charge in [-0.1, -0.05) is 133 Å². The van der Waals surface area contributed by atoms with Gasteiger partial charge in [-0.2, -0.15) is 0 Å². The van der Waals surface area contributed by atoms with Gasteiger partial charge >= 0.3 is 0 Å². The summed E-state index contributed by atoms with van der Waals surface area (Å²) < 4.78 is 134. The molecule has 0 aliphatic heterocycles. The lowest BCUT2D eigenvalue weighted by atomic mass is 9.89. The maximum absolute atomic E-state index is 9.77. The molecule has 0 N–H and O–H groups in total. The van der Waals surface area contributed by atoms with Gasteiger partial charge < -0.3 is 8.98 Å². The number of furan rings is 1. The minimum atomic E-state index is -0.721. The third-order valence-electron chi connectivity index (χ3n) is 10.2. The number of hydrogen-bond donors (Lipinski definition) is 0. The molecule has 12 rings (SSSR count). The molecule has 0 radical (unpaired) electrons. The Kier molecular flexibility index (Phi) is 4.30. The van der Waals surface area contributed by atoms with E-state index in [0.29, 0.717) is 45.2 Å². The van der Waals surface area contributed by atoms with Crippen LogP contribution < -0.4 is 0 Å². The smallest absolute Gasteiger partial charge is 0.164 e. The number of fused-ring (bicyclic) bond motifs is 6. The first-order valence-corrected chi connectivity index (χ1v) is 17.7. The zero-order valence-corrected chi connectivity index (χ0v) is 28.9. The SMILES string of the molecule is [2H]c1c([2H])c([2H])c(-n2c3c([2H])c([2H])c([2H])c4c5c([2H])c([2H])c([2H])c([2H])c5c5c(-c6ccc7c(c6)oc6cc(-c8nc(-c9ccccc9)nc(-c9ccccc9)n8)ccc67)c([2H])c([2H])c2c5c43)c([2H])c1[2H]. The molecule has 0 spiro atoms. The van der Waals surface area contributed by atoms with Crippen LogP contribution in [0.4, 0.5) is 0 Å². The van der Waals surface area contributed by atoms with Crippen molar-refractivity contribution in [3.63, 3.8) is 0 Å². The summed E-state index contributed by atoms with van der Waals surface area (Å²) in [7, 11) is 0. The zero-order valence-electron chi connectivity index (χ0n) is 42.9. The van der Waals surface area contributed by atoms with Crippen molar-refractivity contribution in [3.8, 4) is 51.0 Å². The number of nitrogens with zero attached hydrogens (tertiary/aromatic N) is 4. The predicted molar refractivity (Wildman–Crippen MR) is 229 cm³/mol. The Morgan fingerprint density at radius 3 is 1.66 bits per heavy atom. The van der Waals surface area contributed by atoms with E-state index < -0.39 is 90.3 Å². The number of benzene rings is 9. The van der Waals surface area contributed by atoms with Crippen LogP contribution in [0.15, 0.2) is 186 Å². The molecule has 260 valence electrons. The quantitative estimate of drug-likeness (QED) is 0.166. The van der Waals surface area contributed by atoms with Crippen LogP contribution in [0.3, 0.4) is 0 Å². The molecule has 5 nitrogen and oxygen atoms in total. The van der Waals surface area contributed by atoms with Crippen LogP contribution in [0, 0.1) is 0 Å². The van der Waals surface area contributed by atoms with Gasteiger partial charge in [-0.15, -0.1) is 0 Å². The summed E-state index contributed by atoms with van der Waals surface area (Å²) in [5, 5.41) is 1.04. The van der Waals surface area contributed by atoms with E-state index in [1.807, 2.05) is 78.9 Å². The molecule has 3 aromatic heterocycles. The summed E-state index contributed by atoms with van der Waals surface area (Å²) in [6.07, 6.45) is 0. The van der Waals surface area contributed by atoms with Gasteiger partial charge in [-0.3, -0.25) is 0 Å². The van der Waals surface area contributed by atoms with E-state index >= 15 is 0 Å². The Morgan fingerprint density at radius 1 is 0.411 bits per heavy atom. The molecule has 0 saturated heterocycles. The summed E-state index contributed by atoms with van der Waals surface area (Å²) in [5.74, 6) is 1.36. The van der Waals surface area contributed by atoms with Crippen LogP contribution in [0.1, 0.15) is 19.2 Å². The Hall–Kier alpha value is -7.63. The molecule has 0 bridgehead atoms. The van der Waals surface area contributed by atoms with Gasteiger partial charge in [-0.05, 0) is 75.7 Å². The summed E-state index contributed by atoms with van der Waals surface area (Å²) >= 11 is 0. The average molecular weight is 729 g/mol. The molecule has 3 heterocycles. The highest BCUT2D eigenvalue weighted by atomic mass is 16.3. The van der Waals surface area contributed by atoms with Gasteiger partial charge in [0.15, 0.2) is 17.5 Å². The molecule has 5 heteroatoms. The third kappa shape index (κ3) is 4.58. The van der Waals surface area contributed by atoms with Crippen LogP contribution in [0.5, 0.6) is 0 Å². The fraction of sp³-hybridized carbons (Fsp3) is 0. The second-order valence-corrected chi connectivity index (χ2v) is 13.3. The highest BCUT2D eigenvalue weighted by Gasteiger charge is 2.22. The van der Waals surface area contributed by atoms with Gasteiger partial charge in [0.2, 0.25) is 0 Å². The van der Waals surface area contributed by atoms with E-state index in [0.717, 1.165) is 21.1 Å². The van der Waals surface area contributed by atoms with E-state index in [1.165, 1.54) is 0 Å². The van der Waals surface area contributed by atoms with Gasteiger partial charge in [0.05, 0.1) is 30.2 Å². The topological polar surface area (TPSA) is 56.7 Å². The lowest BCUT2D eigenvalue weighted by Gasteiger charge is -2.13. The van der Waals surface area contributed by atoms with Crippen molar-refractivity contribution in [2.45, 2.75) is 0 Å². The highest BCUT2D eigenvalue weighted by molar-refractivity contribution is 6.36. The highest BCUT2D eigenvalue weighted by Crippen LogP contribution is 2.47. The second kappa shape index (κ2) is 11.9.